The van der Waals surface area contributed by atoms with Gasteiger partial charge in [0.2, 0.25) is 10.0 Å². The van der Waals surface area contributed by atoms with Crippen molar-refractivity contribution in [2.24, 2.45) is 0 Å². The van der Waals surface area contributed by atoms with E-state index >= 15 is 0 Å². The first-order valence-electron chi connectivity index (χ1n) is 4.65. The summed E-state index contributed by atoms with van der Waals surface area (Å²) in [6.07, 6.45) is 0. The highest BCUT2D eigenvalue weighted by atomic mass is 32.2. The molecule has 0 unspecified atom stereocenters. The largest absolute Gasteiger partial charge is 0.395 e. The van der Waals surface area contributed by atoms with Crippen LogP contribution in [0.4, 0.5) is 0 Å². The first kappa shape index (κ1) is 12.2. The van der Waals surface area contributed by atoms with Crippen molar-refractivity contribution in [1.29, 1.82) is 0 Å². The maximum atomic E-state index is 11.7. The first-order chi connectivity index (χ1) is 6.97. The molecule has 0 bridgehead atoms. The van der Waals surface area contributed by atoms with E-state index in [-0.39, 0.29) is 18.0 Å². The van der Waals surface area contributed by atoms with Crippen LogP contribution >= 0.6 is 0 Å². The van der Waals surface area contributed by atoms with Crippen LogP contribution in [0, 0.1) is 13.8 Å². The van der Waals surface area contributed by atoms with Crippen molar-refractivity contribution in [1.82, 2.24) is 4.72 Å². The van der Waals surface area contributed by atoms with Crippen LogP contribution in [0.5, 0.6) is 0 Å². The lowest BCUT2D eigenvalue weighted by Gasteiger charge is -2.08. The SMILES string of the molecule is Cc1ccc(C)c(S(=O)(=O)NCCO)c1. The quantitative estimate of drug-likeness (QED) is 0.793. The average Bonchev–Trinajstić information content (AvgIpc) is 2.18. The summed E-state index contributed by atoms with van der Waals surface area (Å²) in [7, 11) is -3.49. The minimum Gasteiger partial charge on any atom is -0.395 e. The molecule has 0 atom stereocenters. The van der Waals surface area contributed by atoms with Gasteiger partial charge in [-0.1, -0.05) is 12.1 Å². The third-order valence-corrected chi connectivity index (χ3v) is 3.64. The van der Waals surface area contributed by atoms with E-state index in [0.29, 0.717) is 5.56 Å². The smallest absolute Gasteiger partial charge is 0.240 e. The lowest BCUT2D eigenvalue weighted by Crippen LogP contribution is -2.27. The van der Waals surface area contributed by atoms with Crippen LogP contribution in [-0.4, -0.2) is 26.7 Å². The summed E-state index contributed by atoms with van der Waals surface area (Å²) in [4.78, 5) is 0.274. The molecular weight excluding hydrogens is 214 g/mol. The monoisotopic (exact) mass is 229 g/mol. The second-order valence-electron chi connectivity index (χ2n) is 3.39. The van der Waals surface area contributed by atoms with E-state index in [1.54, 1.807) is 19.1 Å². The van der Waals surface area contributed by atoms with E-state index in [1.807, 2.05) is 13.0 Å². The van der Waals surface area contributed by atoms with Crippen molar-refractivity contribution < 1.29 is 13.5 Å². The second-order valence-corrected chi connectivity index (χ2v) is 5.13. The summed E-state index contributed by atoms with van der Waals surface area (Å²) in [6, 6.07) is 5.25. The van der Waals surface area contributed by atoms with Gasteiger partial charge in [-0.25, -0.2) is 13.1 Å². The maximum absolute atomic E-state index is 11.7. The number of aliphatic hydroxyl groups excluding tert-OH is 1. The highest BCUT2D eigenvalue weighted by molar-refractivity contribution is 7.89. The van der Waals surface area contributed by atoms with Crippen molar-refractivity contribution >= 4 is 10.0 Å². The Hall–Kier alpha value is -0.910. The summed E-state index contributed by atoms with van der Waals surface area (Å²) in [5, 5.41) is 8.57. The van der Waals surface area contributed by atoms with E-state index in [9.17, 15) is 8.42 Å². The Kier molecular flexibility index (Phi) is 3.84. The molecule has 0 saturated carbocycles. The minimum absolute atomic E-state index is 0.0374. The lowest BCUT2D eigenvalue weighted by atomic mass is 10.2. The van der Waals surface area contributed by atoms with E-state index in [4.69, 9.17) is 5.11 Å². The molecule has 5 heteroatoms. The molecule has 2 N–H and O–H groups in total. The zero-order valence-electron chi connectivity index (χ0n) is 8.82. The number of hydrogen-bond acceptors (Lipinski definition) is 3. The molecule has 0 amide bonds. The van der Waals surface area contributed by atoms with Gasteiger partial charge < -0.3 is 5.11 Å². The third kappa shape index (κ3) is 3.02. The van der Waals surface area contributed by atoms with Gasteiger partial charge in [0, 0.05) is 6.54 Å². The van der Waals surface area contributed by atoms with Gasteiger partial charge in [-0.3, -0.25) is 0 Å². The molecule has 0 saturated heterocycles. The number of hydrogen-bond donors (Lipinski definition) is 2. The summed E-state index contributed by atoms with van der Waals surface area (Å²) in [5.74, 6) is 0. The van der Waals surface area contributed by atoms with Gasteiger partial charge in [0.25, 0.3) is 0 Å². The van der Waals surface area contributed by atoms with Gasteiger partial charge in [0.15, 0.2) is 0 Å². The van der Waals surface area contributed by atoms with E-state index in [0.717, 1.165) is 5.56 Å². The Balaban J connectivity index is 3.09. The fraction of sp³-hybridized carbons (Fsp3) is 0.400. The Morgan fingerprint density at radius 3 is 2.60 bits per heavy atom. The zero-order chi connectivity index (χ0) is 11.5. The zero-order valence-corrected chi connectivity index (χ0v) is 9.63. The molecule has 0 heterocycles. The van der Waals surface area contributed by atoms with E-state index in [2.05, 4.69) is 4.72 Å². The van der Waals surface area contributed by atoms with Crippen molar-refractivity contribution in [2.75, 3.05) is 13.2 Å². The number of sulfonamides is 1. The maximum Gasteiger partial charge on any atom is 0.240 e. The Labute approximate surface area is 90.0 Å². The molecule has 4 nitrogen and oxygen atoms in total. The predicted octanol–water partition coefficient (Wildman–Crippen LogP) is 0.574. The van der Waals surface area contributed by atoms with Gasteiger partial charge in [-0.15, -0.1) is 0 Å². The topological polar surface area (TPSA) is 66.4 Å². The van der Waals surface area contributed by atoms with Crippen LogP contribution in [-0.2, 0) is 10.0 Å². The van der Waals surface area contributed by atoms with Gasteiger partial charge >= 0.3 is 0 Å². The third-order valence-electron chi connectivity index (χ3n) is 2.04. The van der Waals surface area contributed by atoms with Crippen molar-refractivity contribution in [3.8, 4) is 0 Å². The molecule has 15 heavy (non-hydrogen) atoms. The minimum atomic E-state index is -3.49. The van der Waals surface area contributed by atoms with Crippen molar-refractivity contribution in [2.45, 2.75) is 18.7 Å². The molecule has 0 fully saturated rings. The van der Waals surface area contributed by atoms with E-state index < -0.39 is 10.0 Å². The molecule has 0 aliphatic carbocycles. The summed E-state index contributed by atoms with van der Waals surface area (Å²) < 4.78 is 25.8. The number of nitrogens with one attached hydrogen (secondary N) is 1. The molecule has 0 radical (unpaired) electrons. The number of rotatable bonds is 4. The van der Waals surface area contributed by atoms with E-state index in [1.165, 1.54) is 0 Å². The average molecular weight is 229 g/mol. The second kappa shape index (κ2) is 4.74. The molecule has 0 aliphatic heterocycles. The normalized spacial score (nSPS) is 11.7. The standard InChI is InChI=1S/C10H15NO3S/c1-8-3-4-9(2)10(7-8)15(13,14)11-5-6-12/h3-4,7,11-12H,5-6H2,1-2H3. The molecule has 1 rings (SSSR count). The fourth-order valence-electron chi connectivity index (χ4n) is 1.25. The van der Waals surface area contributed by atoms with Crippen LogP contribution in [0.1, 0.15) is 11.1 Å². The highest BCUT2D eigenvalue weighted by Gasteiger charge is 2.15. The Morgan fingerprint density at radius 2 is 2.00 bits per heavy atom. The van der Waals surface area contributed by atoms with Gasteiger partial charge in [-0.05, 0) is 31.0 Å². The molecule has 84 valence electrons. The Bertz CT molecular complexity index is 440. The molecule has 0 aliphatic rings. The van der Waals surface area contributed by atoms with Gasteiger partial charge in [-0.2, -0.15) is 0 Å². The highest BCUT2D eigenvalue weighted by Crippen LogP contribution is 2.16. The van der Waals surface area contributed by atoms with Crippen LogP contribution < -0.4 is 4.72 Å². The van der Waals surface area contributed by atoms with Crippen molar-refractivity contribution in [3.63, 3.8) is 0 Å². The number of aryl methyl sites for hydroxylation is 2. The van der Waals surface area contributed by atoms with Gasteiger partial charge in [0.1, 0.15) is 0 Å². The van der Waals surface area contributed by atoms with Crippen LogP contribution in [0.25, 0.3) is 0 Å². The summed E-state index contributed by atoms with van der Waals surface area (Å²) in [5.41, 5.74) is 1.59. The lowest BCUT2D eigenvalue weighted by molar-refractivity contribution is 0.301. The summed E-state index contributed by atoms with van der Waals surface area (Å²) in [6.45, 7) is 3.41. The molecule has 1 aromatic carbocycles. The van der Waals surface area contributed by atoms with Crippen LogP contribution in [0.15, 0.2) is 23.1 Å². The molecular formula is C10H15NO3S. The van der Waals surface area contributed by atoms with Gasteiger partial charge in [0.05, 0.1) is 11.5 Å². The fourth-order valence-corrected chi connectivity index (χ4v) is 2.60. The number of aliphatic hydroxyl groups is 1. The number of benzene rings is 1. The van der Waals surface area contributed by atoms with Crippen LogP contribution in [0.2, 0.25) is 0 Å². The van der Waals surface area contributed by atoms with Crippen LogP contribution in [0.3, 0.4) is 0 Å². The predicted molar refractivity (Wildman–Crippen MR) is 58.2 cm³/mol. The molecule has 0 aromatic heterocycles. The summed E-state index contributed by atoms with van der Waals surface area (Å²) >= 11 is 0. The van der Waals surface area contributed by atoms with Crippen molar-refractivity contribution in [3.05, 3.63) is 29.3 Å². The molecule has 1 aromatic rings. The molecule has 0 spiro atoms. The Morgan fingerprint density at radius 1 is 1.33 bits per heavy atom. The first-order valence-corrected chi connectivity index (χ1v) is 6.13.